The molecule has 1 aromatic carbocycles. The fourth-order valence-corrected chi connectivity index (χ4v) is 1.79. The molecule has 16 heavy (non-hydrogen) atoms. The molecule has 0 fully saturated rings. The second-order valence-corrected chi connectivity index (χ2v) is 4.48. The van der Waals surface area contributed by atoms with Crippen LogP contribution in [0.3, 0.4) is 0 Å². The number of imidazole rings is 1. The lowest BCUT2D eigenvalue weighted by molar-refractivity contribution is 0.772. The first-order valence-electron chi connectivity index (χ1n) is 5.25. The molecule has 0 aliphatic heterocycles. The standard InChI is InChI=1S/C12H14BrN3/c1-3-16-7-6-14-12(16)15-10-4-5-11(13)9(2)8-10/h4-8H,3H2,1-2H3,(H,14,15). The maximum absolute atomic E-state index is 4.27. The SMILES string of the molecule is CCn1ccnc1Nc1ccc(Br)c(C)c1. The lowest BCUT2D eigenvalue weighted by atomic mass is 10.2. The Labute approximate surface area is 104 Å². The van der Waals surface area contributed by atoms with Crippen LogP contribution in [0.2, 0.25) is 0 Å². The molecule has 1 heterocycles. The number of nitrogens with zero attached hydrogens (tertiary/aromatic N) is 2. The Balaban J connectivity index is 2.24. The largest absolute Gasteiger partial charge is 0.326 e. The molecule has 0 radical (unpaired) electrons. The molecule has 0 unspecified atom stereocenters. The number of hydrogen-bond donors (Lipinski definition) is 1. The van der Waals surface area contributed by atoms with Gasteiger partial charge in [0.25, 0.3) is 0 Å². The molecule has 0 aliphatic carbocycles. The van der Waals surface area contributed by atoms with Gasteiger partial charge in [-0.25, -0.2) is 4.98 Å². The third-order valence-corrected chi connectivity index (χ3v) is 3.36. The average Bonchev–Trinajstić information content (AvgIpc) is 2.71. The molecular formula is C12H14BrN3. The Kier molecular flexibility index (Phi) is 3.29. The van der Waals surface area contributed by atoms with Crippen molar-refractivity contribution in [3.63, 3.8) is 0 Å². The fraction of sp³-hybridized carbons (Fsp3) is 0.250. The molecule has 0 bridgehead atoms. The van der Waals surface area contributed by atoms with Crippen molar-refractivity contribution in [1.82, 2.24) is 9.55 Å². The number of rotatable bonds is 3. The first-order valence-corrected chi connectivity index (χ1v) is 6.04. The topological polar surface area (TPSA) is 29.9 Å². The summed E-state index contributed by atoms with van der Waals surface area (Å²) in [4.78, 5) is 4.27. The van der Waals surface area contributed by atoms with Crippen LogP contribution in [0, 0.1) is 6.92 Å². The van der Waals surface area contributed by atoms with Crippen molar-refractivity contribution < 1.29 is 0 Å². The number of benzene rings is 1. The zero-order valence-electron chi connectivity index (χ0n) is 9.37. The number of aryl methyl sites for hydroxylation is 2. The van der Waals surface area contributed by atoms with Crippen molar-refractivity contribution in [2.45, 2.75) is 20.4 Å². The molecule has 0 aliphatic rings. The van der Waals surface area contributed by atoms with Gasteiger partial charge in [0.1, 0.15) is 0 Å². The van der Waals surface area contributed by atoms with Gasteiger partial charge >= 0.3 is 0 Å². The molecule has 0 saturated heterocycles. The number of anilines is 2. The minimum atomic E-state index is 0.879. The lowest BCUT2D eigenvalue weighted by Crippen LogP contribution is -2.01. The van der Waals surface area contributed by atoms with E-state index in [0.717, 1.165) is 22.7 Å². The first-order chi connectivity index (χ1) is 7.70. The van der Waals surface area contributed by atoms with E-state index in [0.29, 0.717) is 0 Å². The summed E-state index contributed by atoms with van der Waals surface area (Å²) in [5, 5.41) is 3.30. The maximum atomic E-state index is 4.27. The molecule has 0 atom stereocenters. The van der Waals surface area contributed by atoms with E-state index in [2.05, 4.69) is 50.7 Å². The molecule has 3 nitrogen and oxygen atoms in total. The van der Waals surface area contributed by atoms with E-state index in [4.69, 9.17) is 0 Å². The maximum Gasteiger partial charge on any atom is 0.207 e. The van der Waals surface area contributed by atoms with Gasteiger partial charge in [0.05, 0.1) is 0 Å². The summed E-state index contributed by atoms with van der Waals surface area (Å²) < 4.78 is 3.19. The number of aromatic nitrogens is 2. The van der Waals surface area contributed by atoms with Gasteiger partial charge in [0, 0.05) is 29.1 Å². The Bertz CT molecular complexity index is 491. The van der Waals surface area contributed by atoms with Crippen LogP contribution in [0.25, 0.3) is 0 Å². The third kappa shape index (κ3) is 2.27. The van der Waals surface area contributed by atoms with Crippen molar-refractivity contribution in [2.75, 3.05) is 5.32 Å². The highest BCUT2D eigenvalue weighted by Gasteiger charge is 2.02. The third-order valence-electron chi connectivity index (χ3n) is 2.47. The van der Waals surface area contributed by atoms with Gasteiger partial charge in [-0.15, -0.1) is 0 Å². The smallest absolute Gasteiger partial charge is 0.207 e. The molecule has 4 heteroatoms. The first kappa shape index (κ1) is 11.2. The summed E-state index contributed by atoms with van der Waals surface area (Å²) in [6.07, 6.45) is 3.77. The number of halogens is 1. The molecular weight excluding hydrogens is 266 g/mol. The minimum Gasteiger partial charge on any atom is -0.326 e. The molecule has 1 aromatic heterocycles. The van der Waals surface area contributed by atoms with E-state index in [9.17, 15) is 0 Å². The predicted molar refractivity (Wildman–Crippen MR) is 70.1 cm³/mol. The van der Waals surface area contributed by atoms with E-state index in [1.54, 1.807) is 6.20 Å². The van der Waals surface area contributed by atoms with Crippen LogP contribution in [-0.2, 0) is 6.54 Å². The Morgan fingerprint density at radius 2 is 2.25 bits per heavy atom. The summed E-state index contributed by atoms with van der Waals surface area (Å²) in [7, 11) is 0. The van der Waals surface area contributed by atoms with E-state index >= 15 is 0 Å². The zero-order chi connectivity index (χ0) is 11.5. The quantitative estimate of drug-likeness (QED) is 0.928. The summed E-state index contributed by atoms with van der Waals surface area (Å²) in [5.74, 6) is 0.879. The van der Waals surface area contributed by atoms with Crippen LogP contribution in [0.1, 0.15) is 12.5 Å². The summed E-state index contributed by atoms with van der Waals surface area (Å²) >= 11 is 3.49. The van der Waals surface area contributed by atoms with Gasteiger partial charge in [-0.3, -0.25) is 0 Å². The van der Waals surface area contributed by atoms with Gasteiger partial charge in [0.2, 0.25) is 5.95 Å². The van der Waals surface area contributed by atoms with Gasteiger partial charge in [0.15, 0.2) is 0 Å². The van der Waals surface area contributed by atoms with Crippen LogP contribution < -0.4 is 5.32 Å². The molecule has 1 N–H and O–H groups in total. The van der Waals surface area contributed by atoms with E-state index in [1.165, 1.54) is 5.56 Å². The zero-order valence-corrected chi connectivity index (χ0v) is 11.0. The van der Waals surface area contributed by atoms with Crippen molar-refractivity contribution >= 4 is 27.6 Å². The normalized spacial score (nSPS) is 10.4. The van der Waals surface area contributed by atoms with Crippen molar-refractivity contribution in [3.05, 3.63) is 40.6 Å². The van der Waals surface area contributed by atoms with Crippen molar-refractivity contribution in [2.24, 2.45) is 0 Å². The van der Waals surface area contributed by atoms with Crippen LogP contribution >= 0.6 is 15.9 Å². The number of hydrogen-bond acceptors (Lipinski definition) is 2. The Hall–Kier alpha value is -1.29. The highest BCUT2D eigenvalue weighted by atomic mass is 79.9. The predicted octanol–water partition coefficient (Wildman–Crippen LogP) is 3.72. The fourth-order valence-electron chi connectivity index (χ4n) is 1.54. The second-order valence-electron chi connectivity index (χ2n) is 3.63. The highest BCUT2D eigenvalue weighted by molar-refractivity contribution is 9.10. The second kappa shape index (κ2) is 4.70. The Morgan fingerprint density at radius 1 is 1.44 bits per heavy atom. The summed E-state index contributed by atoms with van der Waals surface area (Å²) in [5.41, 5.74) is 2.27. The van der Waals surface area contributed by atoms with Gasteiger partial charge in [-0.2, -0.15) is 0 Å². The van der Waals surface area contributed by atoms with Crippen molar-refractivity contribution in [3.8, 4) is 0 Å². The van der Waals surface area contributed by atoms with E-state index < -0.39 is 0 Å². The Morgan fingerprint density at radius 3 is 2.94 bits per heavy atom. The molecule has 0 spiro atoms. The average molecular weight is 280 g/mol. The van der Waals surface area contributed by atoms with Gasteiger partial charge in [-0.1, -0.05) is 15.9 Å². The van der Waals surface area contributed by atoms with Crippen LogP contribution in [0.4, 0.5) is 11.6 Å². The van der Waals surface area contributed by atoms with E-state index in [-0.39, 0.29) is 0 Å². The molecule has 0 amide bonds. The van der Waals surface area contributed by atoms with Crippen LogP contribution in [-0.4, -0.2) is 9.55 Å². The van der Waals surface area contributed by atoms with Gasteiger partial charge < -0.3 is 9.88 Å². The monoisotopic (exact) mass is 279 g/mol. The molecule has 0 saturated carbocycles. The van der Waals surface area contributed by atoms with E-state index in [1.807, 2.05) is 18.3 Å². The molecule has 2 aromatic rings. The van der Waals surface area contributed by atoms with Gasteiger partial charge in [-0.05, 0) is 37.6 Å². The lowest BCUT2D eigenvalue weighted by Gasteiger charge is -2.09. The highest BCUT2D eigenvalue weighted by Crippen LogP contribution is 2.22. The molecule has 84 valence electrons. The number of nitrogens with one attached hydrogen (secondary N) is 1. The summed E-state index contributed by atoms with van der Waals surface area (Å²) in [6, 6.07) is 6.17. The van der Waals surface area contributed by atoms with Crippen LogP contribution in [0.5, 0.6) is 0 Å². The van der Waals surface area contributed by atoms with Crippen molar-refractivity contribution in [1.29, 1.82) is 0 Å². The summed E-state index contributed by atoms with van der Waals surface area (Å²) in [6.45, 7) is 5.08. The van der Waals surface area contributed by atoms with Crippen LogP contribution in [0.15, 0.2) is 35.1 Å². The molecule has 2 rings (SSSR count). The minimum absolute atomic E-state index is 0.879.